The number of carbonyl (C=O) groups is 2. The first-order chi connectivity index (χ1) is 14.6. The molecule has 6 nitrogen and oxygen atoms in total. The van der Waals surface area contributed by atoms with Crippen LogP contribution in [0.5, 0.6) is 0 Å². The van der Waals surface area contributed by atoms with E-state index in [4.69, 9.17) is 4.98 Å². The molecule has 0 bridgehead atoms. The largest absolute Gasteiger partial charge is 0.349 e. The number of nitrogens with one attached hydrogen (secondary N) is 3. The molecule has 0 fully saturated rings. The lowest BCUT2D eigenvalue weighted by atomic mass is 9.87. The summed E-state index contributed by atoms with van der Waals surface area (Å²) >= 11 is 1.51. The van der Waals surface area contributed by atoms with Crippen LogP contribution in [-0.2, 0) is 22.4 Å². The topological polar surface area (TPSA) is 83.1 Å². The second-order valence-electron chi connectivity index (χ2n) is 8.28. The van der Waals surface area contributed by atoms with Gasteiger partial charge in [0.15, 0.2) is 5.13 Å². The number of aryl methyl sites for hydroxylation is 2. The first-order valence-electron chi connectivity index (χ1n) is 10.9. The van der Waals surface area contributed by atoms with E-state index in [9.17, 15) is 9.59 Å². The molecule has 0 radical (unpaired) electrons. The molecule has 2 unspecified atom stereocenters. The molecular formula is C23H30N4O2S. The van der Waals surface area contributed by atoms with E-state index < -0.39 is 0 Å². The molecule has 160 valence electrons. The lowest BCUT2D eigenvalue weighted by Crippen LogP contribution is -2.35. The maximum Gasteiger partial charge on any atom is 0.242 e. The fourth-order valence-corrected chi connectivity index (χ4v) is 5.48. The van der Waals surface area contributed by atoms with Crippen molar-refractivity contribution in [2.75, 3.05) is 12.4 Å². The Morgan fingerprint density at radius 2 is 1.97 bits per heavy atom. The zero-order valence-corrected chi connectivity index (χ0v) is 18.5. The van der Waals surface area contributed by atoms with Crippen molar-refractivity contribution < 1.29 is 9.59 Å². The van der Waals surface area contributed by atoms with Crippen LogP contribution in [0.1, 0.15) is 72.7 Å². The van der Waals surface area contributed by atoms with Gasteiger partial charge in [0.1, 0.15) is 0 Å². The third kappa shape index (κ3) is 4.42. The molecule has 2 amide bonds. The molecule has 4 rings (SSSR count). The van der Waals surface area contributed by atoms with Gasteiger partial charge in [-0.25, -0.2) is 4.98 Å². The number of nitrogens with zero attached hydrogens (tertiary/aromatic N) is 1. The van der Waals surface area contributed by atoms with Gasteiger partial charge in [-0.3, -0.25) is 9.59 Å². The van der Waals surface area contributed by atoms with Crippen LogP contribution in [0, 0.1) is 0 Å². The van der Waals surface area contributed by atoms with Gasteiger partial charge in [-0.05, 0) is 63.6 Å². The van der Waals surface area contributed by atoms with Crippen molar-refractivity contribution in [2.24, 2.45) is 0 Å². The zero-order chi connectivity index (χ0) is 21.1. The predicted molar refractivity (Wildman–Crippen MR) is 120 cm³/mol. The summed E-state index contributed by atoms with van der Waals surface area (Å²) in [6, 6.07) is 8.20. The Morgan fingerprint density at radius 1 is 1.13 bits per heavy atom. The van der Waals surface area contributed by atoms with Crippen molar-refractivity contribution in [1.82, 2.24) is 15.6 Å². The normalized spacial score (nSPS) is 21.7. The molecule has 2 aliphatic rings. The molecule has 0 saturated heterocycles. The maximum absolute atomic E-state index is 13.3. The Labute approximate surface area is 181 Å². The van der Waals surface area contributed by atoms with Crippen LogP contribution in [0.2, 0.25) is 0 Å². The standard InChI is InChI=1S/C23H30N4O2S/c1-14(24-2)21(28)27-23-26-20-17(11-5-6-13-19(20)30-23)22(29)25-18-12-7-9-15-8-3-4-10-16(15)18/h3-4,8,10,14,17-18,24H,5-7,9,11-13H2,1-2H3,(H,25,29)(H,26,27,28)/t14-,17?,18?/m0/s1. The van der Waals surface area contributed by atoms with E-state index in [0.717, 1.165) is 55.5 Å². The number of thiazole rings is 1. The second-order valence-corrected chi connectivity index (χ2v) is 9.36. The Hall–Kier alpha value is -2.25. The summed E-state index contributed by atoms with van der Waals surface area (Å²) < 4.78 is 0. The molecule has 2 aromatic rings. The van der Waals surface area contributed by atoms with Gasteiger partial charge in [0.05, 0.1) is 23.7 Å². The van der Waals surface area contributed by atoms with E-state index in [-0.39, 0.29) is 29.8 Å². The number of likely N-dealkylation sites (N-methyl/N-ethyl adjacent to an activating group) is 1. The predicted octanol–water partition coefficient (Wildman–Crippen LogP) is 3.69. The summed E-state index contributed by atoms with van der Waals surface area (Å²) in [5.41, 5.74) is 3.44. The lowest BCUT2D eigenvalue weighted by molar-refractivity contribution is -0.123. The van der Waals surface area contributed by atoms with Gasteiger partial charge >= 0.3 is 0 Å². The minimum atomic E-state index is -0.292. The van der Waals surface area contributed by atoms with Crippen LogP contribution < -0.4 is 16.0 Å². The van der Waals surface area contributed by atoms with Crippen molar-refractivity contribution in [2.45, 2.75) is 69.9 Å². The Morgan fingerprint density at radius 3 is 2.80 bits per heavy atom. The summed E-state index contributed by atoms with van der Waals surface area (Å²) in [6.07, 6.45) is 6.93. The highest BCUT2D eigenvalue weighted by molar-refractivity contribution is 7.15. The number of aromatic nitrogens is 1. The molecule has 3 atom stereocenters. The van der Waals surface area contributed by atoms with E-state index in [0.29, 0.717) is 5.13 Å². The number of hydrogen-bond acceptors (Lipinski definition) is 5. The molecule has 30 heavy (non-hydrogen) atoms. The van der Waals surface area contributed by atoms with E-state index in [2.05, 4.69) is 40.2 Å². The summed E-state index contributed by atoms with van der Waals surface area (Å²) in [6.45, 7) is 1.81. The first-order valence-corrected chi connectivity index (χ1v) is 11.7. The number of benzene rings is 1. The maximum atomic E-state index is 13.3. The monoisotopic (exact) mass is 426 g/mol. The molecule has 1 heterocycles. The van der Waals surface area contributed by atoms with Gasteiger partial charge in [-0.2, -0.15) is 0 Å². The molecular weight excluding hydrogens is 396 g/mol. The second kappa shape index (κ2) is 9.27. The SMILES string of the molecule is CN[C@@H](C)C(=O)Nc1nc2c(s1)CCCCC2C(=O)NC1CCCc2ccccc21. The molecule has 0 spiro atoms. The minimum Gasteiger partial charge on any atom is -0.349 e. The highest BCUT2D eigenvalue weighted by Crippen LogP contribution is 2.37. The van der Waals surface area contributed by atoms with Gasteiger partial charge in [0, 0.05) is 4.88 Å². The molecule has 0 aliphatic heterocycles. The fraction of sp³-hybridized carbons (Fsp3) is 0.522. The lowest BCUT2D eigenvalue weighted by Gasteiger charge is -2.28. The van der Waals surface area contributed by atoms with Gasteiger partial charge in [0.25, 0.3) is 0 Å². The number of amides is 2. The van der Waals surface area contributed by atoms with E-state index >= 15 is 0 Å². The molecule has 3 N–H and O–H groups in total. The van der Waals surface area contributed by atoms with Crippen LogP contribution in [-0.4, -0.2) is 29.9 Å². The van der Waals surface area contributed by atoms with Crippen molar-refractivity contribution >= 4 is 28.3 Å². The van der Waals surface area contributed by atoms with E-state index in [1.165, 1.54) is 22.5 Å². The highest BCUT2D eigenvalue weighted by Gasteiger charge is 2.31. The third-order valence-electron chi connectivity index (χ3n) is 6.26. The van der Waals surface area contributed by atoms with E-state index in [1.807, 2.05) is 6.92 Å². The van der Waals surface area contributed by atoms with Crippen molar-refractivity contribution in [3.05, 3.63) is 46.0 Å². The molecule has 1 aromatic heterocycles. The fourth-order valence-electron chi connectivity index (χ4n) is 4.42. The number of fused-ring (bicyclic) bond motifs is 2. The summed E-state index contributed by atoms with van der Waals surface area (Å²) in [5.74, 6) is -0.298. The number of hydrogen-bond donors (Lipinski definition) is 3. The van der Waals surface area contributed by atoms with Crippen molar-refractivity contribution in [3.63, 3.8) is 0 Å². The summed E-state index contributed by atoms with van der Waals surface area (Å²) in [7, 11) is 1.76. The minimum absolute atomic E-state index is 0.0617. The third-order valence-corrected chi connectivity index (χ3v) is 7.31. The van der Waals surface area contributed by atoms with Crippen LogP contribution in [0.4, 0.5) is 5.13 Å². The van der Waals surface area contributed by atoms with Crippen LogP contribution in [0.25, 0.3) is 0 Å². The zero-order valence-electron chi connectivity index (χ0n) is 17.7. The van der Waals surface area contributed by atoms with Crippen molar-refractivity contribution in [3.8, 4) is 0 Å². The van der Waals surface area contributed by atoms with Crippen molar-refractivity contribution in [1.29, 1.82) is 0 Å². The van der Waals surface area contributed by atoms with Crippen LogP contribution in [0.3, 0.4) is 0 Å². The molecule has 0 saturated carbocycles. The molecule has 2 aliphatic carbocycles. The first kappa shape index (κ1) is 21.0. The van der Waals surface area contributed by atoms with Gasteiger partial charge in [0.2, 0.25) is 11.8 Å². The van der Waals surface area contributed by atoms with Gasteiger partial charge < -0.3 is 16.0 Å². The molecule has 1 aromatic carbocycles. The van der Waals surface area contributed by atoms with Crippen LogP contribution in [0.15, 0.2) is 24.3 Å². The highest BCUT2D eigenvalue weighted by atomic mass is 32.1. The number of carbonyl (C=O) groups excluding carboxylic acids is 2. The Kier molecular flexibility index (Phi) is 6.49. The number of anilines is 1. The van der Waals surface area contributed by atoms with Crippen LogP contribution >= 0.6 is 11.3 Å². The quantitative estimate of drug-likeness (QED) is 0.637. The average molecular weight is 427 g/mol. The number of rotatable bonds is 5. The van der Waals surface area contributed by atoms with Gasteiger partial charge in [-0.15, -0.1) is 11.3 Å². The summed E-state index contributed by atoms with van der Waals surface area (Å²) in [4.78, 5) is 31.4. The summed E-state index contributed by atoms with van der Waals surface area (Å²) in [5, 5.41) is 9.75. The Balaban J connectivity index is 1.52. The Bertz CT molecular complexity index is 926. The average Bonchev–Trinajstić information content (AvgIpc) is 3.04. The molecule has 7 heteroatoms. The van der Waals surface area contributed by atoms with E-state index in [1.54, 1.807) is 7.05 Å². The smallest absolute Gasteiger partial charge is 0.242 e. The van der Waals surface area contributed by atoms with Gasteiger partial charge in [-0.1, -0.05) is 30.7 Å².